The summed E-state index contributed by atoms with van der Waals surface area (Å²) in [6.07, 6.45) is 5.73. The van der Waals surface area contributed by atoms with E-state index in [4.69, 9.17) is 0 Å². The second-order valence-electron chi connectivity index (χ2n) is 5.52. The summed E-state index contributed by atoms with van der Waals surface area (Å²) in [5.74, 6) is 0.139. The van der Waals surface area contributed by atoms with Crippen LogP contribution in [0.15, 0.2) is 0 Å². The lowest BCUT2D eigenvalue weighted by Gasteiger charge is -2.26. The number of carbonyl (C=O) groups excluding carboxylic acids is 1. The van der Waals surface area contributed by atoms with E-state index in [1.807, 2.05) is 0 Å². The molecule has 0 radical (unpaired) electrons. The topological polar surface area (TPSA) is 62.0 Å². The zero-order valence-corrected chi connectivity index (χ0v) is 11.8. The highest BCUT2D eigenvalue weighted by atomic mass is 31.2. The molecule has 2 heterocycles. The molecule has 1 unspecified atom stereocenters. The van der Waals surface area contributed by atoms with Gasteiger partial charge in [-0.1, -0.05) is 0 Å². The van der Waals surface area contributed by atoms with Crippen LogP contribution >= 0.6 is 7.37 Å². The molecule has 0 aliphatic carbocycles. The molecule has 2 N–H and O–H groups in total. The molecule has 1 atom stereocenters. The second kappa shape index (κ2) is 6.18. The molecule has 18 heavy (non-hydrogen) atoms. The summed E-state index contributed by atoms with van der Waals surface area (Å²) in [6.45, 7) is 3.26. The highest BCUT2D eigenvalue weighted by Gasteiger charge is 2.29. The van der Waals surface area contributed by atoms with Crippen molar-refractivity contribution in [1.29, 1.82) is 0 Å². The third-order valence-electron chi connectivity index (χ3n) is 3.92. The fourth-order valence-electron chi connectivity index (χ4n) is 2.86. The van der Waals surface area contributed by atoms with Crippen LogP contribution in [0.5, 0.6) is 0 Å². The summed E-state index contributed by atoms with van der Waals surface area (Å²) < 4.78 is 12.1. The molecular weight excluding hydrogens is 251 g/mol. The molecule has 104 valence electrons. The summed E-state index contributed by atoms with van der Waals surface area (Å²) in [5.41, 5.74) is 0. The number of carbonyl (C=O) groups is 1. The summed E-state index contributed by atoms with van der Waals surface area (Å²) >= 11 is 0. The first-order valence-electron chi connectivity index (χ1n) is 6.99. The first kappa shape index (κ1) is 14.0. The van der Waals surface area contributed by atoms with E-state index in [0.29, 0.717) is 19.3 Å². The number of nitrogens with zero attached hydrogens (tertiary/aromatic N) is 1. The number of amides is 1. The van der Waals surface area contributed by atoms with Gasteiger partial charge in [0.2, 0.25) is 5.91 Å². The number of quaternary nitrogens is 1. The average molecular weight is 275 g/mol. The van der Waals surface area contributed by atoms with Crippen molar-refractivity contribution < 1.29 is 19.2 Å². The quantitative estimate of drug-likeness (QED) is 0.689. The van der Waals surface area contributed by atoms with Crippen molar-refractivity contribution in [2.45, 2.75) is 32.1 Å². The standard InChI is InChI=1S/C12H23N2O3P/c15-12-5-4-8-14(12)9-10-18(16,17)11-13-6-2-1-3-7-13/h1-11H2,(H,16,17)/p+1. The van der Waals surface area contributed by atoms with E-state index in [9.17, 15) is 14.3 Å². The summed E-state index contributed by atoms with van der Waals surface area (Å²) in [4.78, 5) is 24.4. The van der Waals surface area contributed by atoms with Crippen LogP contribution < -0.4 is 4.90 Å². The van der Waals surface area contributed by atoms with Crippen LogP contribution in [-0.2, 0) is 9.36 Å². The Hall–Kier alpha value is -0.380. The molecule has 2 aliphatic rings. The Balaban J connectivity index is 1.75. The highest BCUT2D eigenvalue weighted by molar-refractivity contribution is 7.57. The molecule has 2 rings (SSSR count). The van der Waals surface area contributed by atoms with Crippen molar-refractivity contribution in [1.82, 2.24) is 4.90 Å². The smallest absolute Gasteiger partial charge is 0.254 e. The number of likely N-dealkylation sites (tertiary alicyclic amines) is 2. The van der Waals surface area contributed by atoms with E-state index >= 15 is 0 Å². The highest BCUT2D eigenvalue weighted by Crippen LogP contribution is 2.37. The van der Waals surface area contributed by atoms with Gasteiger partial charge in [-0.2, -0.15) is 0 Å². The molecular formula is C12H24N2O3P+. The number of piperidine rings is 1. The molecule has 0 bridgehead atoms. The third kappa shape index (κ3) is 4.08. The van der Waals surface area contributed by atoms with Gasteiger partial charge in [0.1, 0.15) is 0 Å². The van der Waals surface area contributed by atoms with E-state index < -0.39 is 7.37 Å². The summed E-state index contributed by atoms with van der Waals surface area (Å²) in [7, 11) is -3.07. The van der Waals surface area contributed by atoms with Gasteiger partial charge in [-0.15, -0.1) is 0 Å². The fraction of sp³-hybridized carbons (Fsp3) is 0.917. The largest absolute Gasteiger partial charge is 0.342 e. The van der Waals surface area contributed by atoms with Gasteiger partial charge < -0.3 is 14.7 Å². The summed E-state index contributed by atoms with van der Waals surface area (Å²) in [5, 5.41) is 0. The van der Waals surface area contributed by atoms with Gasteiger partial charge in [-0.05, 0) is 25.7 Å². The minimum Gasteiger partial charge on any atom is -0.342 e. The van der Waals surface area contributed by atoms with Crippen LogP contribution in [0.25, 0.3) is 0 Å². The van der Waals surface area contributed by atoms with Crippen molar-refractivity contribution in [3.63, 3.8) is 0 Å². The maximum Gasteiger partial charge on any atom is 0.254 e. The lowest BCUT2D eigenvalue weighted by atomic mass is 10.1. The van der Waals surface area contributed by atoms with Gasteiger partial charge in [0.25, 0.3) is 7.37 Å². The third-order valence-corrected chi connectivity index (χ3v) is 5.76. The van der Waals surface area contributed by atoms with Crippen molar-refractivity contribution in [3.8, 4) is 0 Å². The molecule has 0 spiro atoms. The Kier molecular flexibility index (Phi) is 4.82. The minimum absolute atomic E-state index is 0.139. The number of rotatable bonds is 5. The zero-order chi connectivity index (χ0) is 13.0. The molecule has 2 aliphatic heterocycles. The van der Waals surface area contributed by atoms with Gasteiger partial charge in [-0.25, -0.2) is 0 Å². The van der Waals surface area contributed by atoms with Crippen LogP contribution in [0.2, 0.25) is 0 Å². The van der Waals surface area contributed by atoms with Crippen LogP contribution in [0.3, 0.4) is 0 Å². The molecule has 1 amide bonds. The lowest BCUT2D eigenvalue weighted by molar-refractivity contribution is -0.893. The monoisotopic (exact) mass is 275 g/mol. The fourth-order valence-corrected chi connectivity index (χ4v) is 4.58. The van der Waals surface area contributed by atoms with Crippen LogP contribution in [-0.4, -0.2) is 54.3 Å². The predicted molar refractivity (Wildman–Crippen MR) is 69.9 cm³/mol. The molecule has 0 aromatic carbocycles. The Morgan fingerprint density at radius 2 is 1.94 bits per heavy atom. The molecule has 2 fully saturated rings. The molecule has 6 heteroatoms. The average Bonchev–Trinajstić information content (AvgIpc) is 2.73. The Labute approximate surface area is 109 Å². The second-order valence-corrected chi connectivity index (χ2v) is 7.98. The molecule has 2 saturated heterocycles. The van der Waals surface area contributed by atoms with E-state index in [2.05, 4.69) is 0 Å². The molecule has 0 aromatic rings. The predicted octanol–water partition coefficient (Wildman–Crippen LogP) is -0.0945. The maximum absolute atomic E-state index is 12.1. The van der Waals surface area contributed by atoms with E-state index in [1.54, 1.807) is 4.90 Å². The number of nitrogens with one attached hydrogen (secondary N) is 1. The van der Waals surface area contributed by atoms with Crippen molar-refractivity contribution in [2.75, 3.05) is 38.6 Å². The number of hydrogen-bond acceptors (Lipinski definition) is 2. The van der Waals surface area contributed by atoms with Crippen LogP contribution in [0.1, 0.15) is 32.1 Å². The van der Waals surface area contributed by atoms with E-state index in [1.165, 1.54) is 24.2 Å². The zero-order valence-electron chi connectivity index (χ0n) is 10.9. The van der Waals surface area contributed by atoms with Gasteiger partial charge in [0.15, 0.2) is 6.29 Å². The van der Waals surface area contributed by atoms with Gasteiger partial charge in [0, 0.05) is 25.7 Å². The van der Waals surface area contributed by atoms with Crippen molar-refractivity contribution in [2.24, 2.45) is 0 Å². The summed E-state index contributed by atoms with van der Waals surface area (Å²) in [6, 6.07) is 0. The Morgan fingerprint density at radius 1 is 1.22 bits per heavy atom. The van der Waals surface area contributed by atoms with Gasteiger partial charge in [0.05, 0.1) is 13.1 Å². The molecule has 5 nitrogen and oxygen atoms in total. The van der Waals surface area contributed by atoms with E-state index in [0.717, 1.165) is 26.1 Å². The SMILES string of the molecule is O=C1CCCN1CCP(=O)(O)C[NH+]1CCCCC1. The van der Waals surface area contributed by atoms with Crippen molar-refractivity contribution in [3.05, 3.63) is 0 Å². The number of hydrogen-bond donors (Lipinski definition) is 2. The van der Waals surface area contributed by atoms with Gasteiger partial charge >= 0.3 is 0 Å². The van der Waals surface area contributed by atoms with Gasteiger partial charge in [-0.3, -0.25) is 9.36 Å². The van der Waals surface area contributed by atoms with Crippen LogP contribution in [0.4, 0.5) is 0 Å². The van der Waals surface area contributed by atoms with Crippen LogP contribution in [0, 0.1) is 0 Å². The maximum atomic E-state index is 12.1. The van der Waals surface area contributed by atoms with Crippen molar-refractivity contribution >= 4 is 13.3 Å². The minimum atomic E-state index is -3.07. The Bertz CT molecular complexity index is 342. The molecule has 0 saturated carbocycles. The van der Waals surface area contributed by atoms with E-state index in [-0.39, 0.29) is 12.1 Å². The lowest BCUT2D eigenvalue weighted by Crippen LogP contribution is -3.12. The molecule has 0 aromatic heterocycles. The first-order valence-corrected chi connectivity index (χ1v) is 9.02. The normalized spacial score (nSPS) is 25.4. The Morgan fingerprint density at radius 3 is 2.56 bits per heavy atom. The first-order chi connectivity index (χ1) is 8.57.